The Morgan fingerprint density at radius 3 is 2.79 bits per heavy atom. The van der Waals surface area contributed by atoms with Crippen molar-refractivity contribution in [2.24, 2.45) is 5.73 Å². The first-order chi connectivity index (χ1) is 11.6. The molecule has 1 saturated heterocycles. The number of carbonyl (C=O) groups is 2. The van der Waals surface area contributed by atoms with Gasteiger partial charge in [0.05, 0.1) is 18.7 Å². The van der Waals surface area contributed by atoms with E-state index in [1.54, 1.807) is 13.0 Å². The quantitative estimate of drug-likeness (QED) is 0.726. The number of amides is 1. The number of nitrogens with two attached hydrogens (primary N) is 1. The maximum Gasteiger partial charge on any atom is 0.338 e. The van der Waals surface area contributed by atoms with Gasteiger partial charge >= 0.3 is 5.97 Å². The maximum atomic E-state index is 12.0. The lowest BCUT2D eigenvalue weighted by molar-refractivity contribution is -0.122. The minimum atomic E-state index is -0.313. The van der Waals surface area contributed by atoms with Crippen LogP contribution >= 0.6 is 0 Å². The number of carbonyl (C=O) groups excluding carboxylic acids is 2. The third kappa shape index (κ3) is 5.94. The first-order valence-electron chi connectivity index (χ1n) is 8.59. The van der Waals surface area contributed by atoms with Crippen LogP contribution < -0.4 is 11.1 Å². The van der Waals surface area contributed by atoms with Crippen molar-refractivity contribution < 1.29 is 14.3 Å². The molecule has 1 fully saturated rings. The van der Waals surface area contributed by atoms with E-state index in [0.717, 1.165) is 31.5 Å². The Morgan fingerprint density at radius 1 is 1.33 bits per heavy atom. The third-order valence-electron chi connectivity index (χ3n) is 4.17. The summed E-state index contributed by atoms with van der Waals surface area (Å²) in [6.45, 7) is 4.90. The van der Waals surface area contributed by atoms with E-state index >= 15 is 0 Å². The molecule has 2 rings (SSSR count). The van der Waals surface area contributed by atoms with Crippen molar-refractivity contribution in [3.8, 4) is 0 Å². The van der Waals surface area contributed by atoms with Crippen molar-refractivity contribution >= 4 is 11.9 Å². The molecular weight excluding hydrogens is 306 g/mol. The van der Waals surface area contributed by atoms with Crippen molar-refractivity contribution in [2.45, 2.75) is 32.2 Å². The van der Waals surface area contributed by atoms with Gasteiger partial charge in [0.15, 0.2) is 0 Å². The summed E-state index contributed by atoms with van der Waals surface area (Å²) in [5.74, 6) is -0.279. The van der Waals surface area contributed by atoms with E-state index in [9.17, 15) is 9.59 Å². The molecule has 1 aliphatic rings. The Bertz CT molecular complexity index is 554. The van der Waals surface area contributed by atoms with Crippen LogP contribution in [0.3, 0.4) is 0 Å². The van der Waals surface area contributed by atoms with Gasteiger partial charge in [-0.1, -0.05) is 12.1 Å². The number of likely N-dealkylation sites (tertiary alicyclic amines) is 1. The Kier molecular flexibility index (Phi) is 7.21. The standard InChI is InChI=1S/C18H27N3O3/c1-2-24-18(23)15-5-3-4-14(12-15)6-9-20-17(22)13-21-10-7-16(19)8-11-21/h3-5,12,16H,2,6-11,13,19H2,1H3,(H,20,22). The molecule has 1 aliphatic heterocycles. The zero-order valence-electron chi connectivity index (χ0n) is 14.3. The summed E-state index contributed by atoms with van der Waals surface area (Å²) < 4.78 is 4.99. The summed E-state index contributed by atoms with van der Waals surface area (Å²) in [5.41, 5.74) is 7.42. The number of hydrogen-bond acceptors (Lipinski definition) is 5. The molecule has 6 heteroatoms. The van der Waals surface area contributed by atoms with Gasteiger partial charge in [0.25, 0.3) is 0 Å². The van der Waals surface area contributed by atoms with E-state index in [-0.39, 0.29) is 17.9 Å². The number of ether oxygens (including phenoxy) is 1. The zero-order chi connectivity index (χ0) is 17.4. The Morgan fingerprint density at radius 2 is 2.08 bits per heavy atom. The van der Waals surface area contributed by atoms with E-state index in [2.05, 4.69) is 10.2 Å². The number of benzene rings is 1. The molecule has 132 valence electrons. The molecule has 1 heterocycles. The molecule has 1 amide bonds. The van der Waals surface area contributed by atoms with Crippen molar-refractivity contribution in [3.05, 3.63) is 35.4 Å². The maximum absolute atomic E-state index is 12.0. The topological polar surface area (TPSA) is 84.7 Å². The van der Waals surface area contributed by atoms with E-state index in [4.69, 9.17) is 10.5 Å². The van der Waals surface area contributed by atoms with Gasteiger partial charge in [-0.15, -0.1) is 0 Å². The number of rotatable bonds is 7. The molecule has 0 bridgehead atoms. The van der Waals surface area contributed by atoms with Crippen LogP contribution in [-0.2, 0) is 16.0 Å². The molecular formula is C18H27N3O3. The molecule has 0 atom stereocenters. The van der Waals surface area contributed by atoms with E-state index in [1.165, 1.54) is 0 Å². The van der Waals surface area contributed by atoms with Gasteiger partial charge in [-0.25, -0.2) is 4.79 Å². The highest BCUT2D eigenvalue weighted by atomic mass is 16.5. The molecule has 24 heavy (non-hydrogen) atoms. The number of nitrogens with zero attached hydrogens (tertiary/aromatic N) is 1. The lowest BCUT2D eigenvalue weighted by atomic mass is 10.1. The molecule has 6 nitrogen and oxygen atoms in total. The van der Waals surface area contributed by atoms with Crippen molar-refractivity contribution in [1.29, 1.82) is 0 Å². The Labute approximate surface area is 143 Å². The summed E-state index contributed by atoms with van der Waals surface area (Å²) in [5, 5.41) is 2.94. The minimum Gasteiger partial charge on any atom is -0.462 e. The first kappa shape index (κ1) is 18.4. The van der Waals surface area contributed by atoms with Crippen LogP contribution in [0.5, 0.6) is 0 Å². The first-order valence-corrected chi connectivity index (χ1v) is 8.59. The van der Waals surface area contributed by atoms with Crippen LogP contribution in [0.2, 0.25) is 0 Å². The van der Waals surface area contributed by atoms with Crippen LogP contribution in [0.25, 0.3) is 0 Å². The van der Waals surface area contributed by atoms with Crippen LogP contribution in [0.15, 0.2) is 24.3 Å². The van der Waals surface area contributed by atoms with Gasteiger partial charge in [-0.3, -0.25) is 9.69 Å². The normalized spacial score (nSPS) is 15.9. The van der Waals surface area contributed by atoms with Crippen molar-refractivity contribution in [3.63, 3.8) is 0 Å². The number of piperidine rings is 1. The molecule has 0 unspecified atom stereocenters. The minimum absolute atomic E-state index is 0.0343. The van der Waals surface area contributed by atoms with Gasteiger partial charge in [0.2, 0.25) is 5.91 Å². The van der Waals surface area contributed by atoms with Crippen LogP contribution in [-0.4, -0.2) is 55.6 Å². The van der Waals surface area contributed by atoms with Gasteiger partial charge in [0.1, 0.15) is 0 Å². The Hall–Kier alpha value is -1.92. The highest BCUT2D eigenvalue weighted by Gasteiger charge is 2.17. The van der Waals surface area contributed by atoms with Gasteiger partial charge < -0.3 is 15.8 Å². The van der Waals surface area contributed by atoms with Crippen LogP contribution in [0, 0.1) is 0 Å². The van der Waals surface area contributed by atoms with Crippen LogP contribution in [0.4, 0.5) is 0 Å². The summed E-state index contributed by atoms with van der Waals surface area (Å²) in [6.07, 6.45) is 2.59. The molecule has 1 aromatic carbocycles. The molecule has 0 radical (unpaired) electrons. The fourth-order valence-corrected chi connectivity index (χ4v) is 2.78. The average Bonchev–Trinajstić information content (AvgIpc) is 2.57. The molecule has 0 spiro atoms. The third-order valence-corrected chi connectivity index (χ3v) is 4.17. The highest BCUT2D eigenvalue weighted by molar-refractivity contribution is 5.89. The number of esters is 1. The lowest BCUT2D eigenvalue weighted by Crippen LogP contribution is -2.44. The molecule has 1 aromatic rings. The molecule has 0 aliphatic carbocycles. The summed E-state index contributed by atoms with van der Waals surface area (Å²) >= 11 is 0. The molecule has 0 saturated carbocycles. The fourth-order valence-electron chi connectivity index (χ4n) is 2.78. The molecule has 0 aromatic heterocycles. The van der Waals surface area contributed by atoms with Crippen LogP contribution in [0.1, 0.15) is 35.7 Å². The van der Waals surface area contributed by atoms with E-state index in [1.807, 2.05) is 18.2 Å². The predicted octanol–water partition coefficient (Wildman–Crippen LogP) is 0.945. The number of nitrogens with one attached hydrogen (secondary N) is 1. The largest absolute Gasteiger partial charge is 0.462 e. The van der Waals surface area contributed by atoms with Gasteiger partial charge in [0, 0.05) is 25.7 Å². The summed E-state index contributed by atoms with van der Waals surface area (Å²) in [7, 11) is 0. The molecule has 3 N–H and O–H groups in total. The summed E-state index contributed by atoms with van der Waals surface area (Å²) in [6, 6.07) is 7.61. The monoisotopic (exact) mass is 333 g/mol. The fraction of sp³-hybridized carbons (Fsp3) is 0.556. The zero-order valence-corrected chi connectivity index (χ0v) is 14.3. The lowest BCUT2D eigenvalue weighted by Gasteiger charge is -2.29. The average molecular weight is 333 g/mol. The van der Waals surface area contributed by atoms with Gasteiger partial charge in [-0.2, -0.15) is 0 Å². The SMILES string of the molecule is CCOC(=O)c1cccc(CCNC(=O)CN2CCC(N)CC2)c1. The van der Waals surface area contributed by atoms with Crippen molar-refractivity contribution in [2.75, 3.05) is 32.8 Å². The Balaban J connectivity index is 1.72. The number of hydrogen-bond donors (Lipinski definition) is 2. The highest BCUT2D eigenvalue weighted by Crippen LogP contribution is 2.08. The van der Waals surface area contributed by atoms with Gasteiger partial charge in [-0.05, 0) is 43.9 Å². The summed E-state index contributed by atoms with van der Waals surface area (Å²) in [4.78, 5) is 25.8. The van der Waals surface area contributed by atoms with E-state index < -0.39 is 0 Å². The van der Waals surface area contributed by atoms with Crippen molar-refractivity contribution in [1.82, 2.24) is 10.2 Å². The second-order valence-electron chi connectivity index (χ2n) is 6.13. The second-order valence-corrected chi connectivity index (χ2v) is 6.13. The second kappa shape index (κ2) is 9.39. The smallest absolute Gasteiger partial charge is 0.338 e. The predicted molar refractivity (Wildman–Crippen MR) is 92.8 cm³/mol. The van der Waals surface area contributed by atoms with E-state index in [0.29, 0.717) is 31.7 Å².